The SMILES string of the molecule is CSCCSC1=NC(=Cc2ccc3c(c2)OCO3)C(=O)N1c1ccc(C)cc1. The molecular weight excluding hydrogens is 392 g/mol. The third-order valence-corrected chi connectivity index (χ3v) is 6.15. The number of hydrogen-bond donors (Lipinski definition) is 0. The van der Waals surface area contributed by atoms with Crippen molar-refractivity contribution in [2.75, 3.05) is 29.5 Å². The Labute approximate surface area is 172 Å². The summed E-state index contributed by atoms with van der Waals surface area (Å²) in [6.07, 6.45) is 3.87. The quantitative estimate of drug-likeness (QED) is 0.532. The van der Waals surface area contributed by atoms with Crippen molar-refractivity contribution in [1.82, 2.24) is 0 Å². The van der Waals surface area contributed by atoms with Crippen LogP contribution in [0.3, 0.4) is 0 Å². The molecule has 0 atom stereocenters. The number of aliphatic imine (C=N–C) groups is 1. The molecule has 7 heteroatoms. The molecule has 0 saturated heterocycles. The van der Waals surface area contributed by atoms with E-state index in [4.69, 9.17) is 9.47 Å². The average molecular weight is 413 g/mol. The van der Waals surface area contributed by atoms with Gasteiger partial charge in [0.15, 0.2) is 16.7 Å². The van der Waals surface area contributed by atoms with E-state index in [0.717, 1.165) is 39.2 Å². The highest BCUT2D eigenvalue weighted by Crippen LogP contribution is 2.34. The standard InChI is InChI=1S/C21H20N2O3S2/c1-14-3-6-16(7-4-14)23-20(24)17(22-21(23)28-10-9-27-2)11-15-5-8-18-19(12-15)26-13-25-18/h3-8,11-12H,9-10,13H2,1-2H3. The van der Waals surface area contributed by atoms with Crippen molar-refractivity contribution < 1.29 is 14.3 Å². The fraction of sp³-hybridized carbons (Fsp3) is 0.238. The Morgan fingerprint density at radius 2 is 1.89 bits per heavy atom. The highest BCUT2D eigenvalue weighted by atomic mass is 32.2. The fourth-order valence-electron chi connectivity index (χ4n) is 2.89. The van der Waals surface area contributed by atoms with Crippen LogP contribution in [0.5, 0.6) is 11.5 Å². The molecule has 5 nitrogen and oxygen atoms in total. The lowest BCUT2D eigenvalue weighted by Crippen LogP contribution is -2.30. The second-order valence-corrected chi connectivity index (χ2v) is 8.40. The summed E-state index contributed by atoms with van der Waals surface area (Å²) in [5.41, 5.74) is 3.27. The van der Waals surface area contributed by atoms with E-state index in [1.807, 2.05) is 49.4 Å². The maximum atomic E-state index is 13.1. The molecule has 0 aromatic heterocycles. The van der Waals surface area contributed by atoms with Gasteiger partial charge in [0.1, 0.15) is 5.70 Å². The van der Waals surface area contributed by atoms with Crippen LogP contribution < -0.4 is 14.4 Å². The molecule has 0 saturated carbocycles. The maximum Gasteiger partial charge on any atom is 0.283 e. The molecule has 28 heavy (non-hydrogen) atoms. The van der Waals surface area contributed by atoms with E-state index in [2.05, 4.69) is 11.2 Å². The Morgan fingerprint density at radius 3 is 2.68 bits per heavy atom. The number of amidine groups is 1. The number of aryl methyl sites for hydroxylation is 1. The second-order valence-electron chi connectivity index (χ2n) is 6.35. The van der Waals surface area contributed by atoms with E-state index < -0.39 is 0 Å². The summed E-state index contributed by atoms with van der Waals surface area (Å²) in [6, 6.07) is 13.6. The van der Waals surface area contributed by atoms with Crippen LogP contribution in [0.1, 0.15) is 11.1 Å². The zero-order chi connectivity index (χ0) is 19.5. The maximum absolute atomic E-state index is 13.1. The molecule has 2 aliphatic heterocycles. The first kappa shape index (κ1) is 19.0. The number of nitrogens with zero attached hydrogens (tertiary/aromatic N) is 2. The minimum atomic E-state index is -0.117. The molecule has 0 aliphatic carbocycles. The molecule has 0 spiro atoms. The van der Waals surface area contributed by atoms with Gasteiger partial charge < -0.3 is 9.47 Å². The fourth-order valence-corrected chi connectivity index (χ4v) is 4.55. The van der Waals surface area contributed by atoms with Gasteiger partial charge in [-0.15, -0.1) is 0 Å². The number of carbonyl (C=O) groups is 1. The number of anilines is 1. The molecule has 2 aliphatic rings. The van der Waals surface area contributed by atoms with Crippen molar-refractivity contribution >= 4 is 46.4 Å². The van der Waals surface area contributed by atoms with Gasteiger partial charge in [0, 0.05) is 11.5 Å². The Hall–Kier alpha value is -2.38. The second kappa shape index (κ2) is 8.32. The molecule has 0 unspecified atom stereocenters. The van der Waals surface area contributed by atoms with E-state index in [9.17, 15) is 4.79 Å². The number of benzene rings is 2. The first-order valence-corrected chi connectivity index (χ1v) is 11.3. The van der Waals surface area contributed by atoms with Crippen LogP contribution in [-0.2, 0) is 4.79 Å². The first-order valence-electron chi connectivity index (χ1n) is 8.88. The lowest BCUT2D eigenvalue weighted by atomic mass is 10.1. The molecular formula is C21H20N2O3S2. The molecule has 144 valence electrons. The van der Waals surface area contributed by atoms with Gasteiger partial charge >= 0.3 is 0 Å². The third kappa shape index (κ3) is 3.91. The number of thioether (sulfide) groups is 2. The van der Waals surface area contributed by atoms with Crippen LogP contribution in [0.4, 0.5) is 5.69 Å². The van der Waals surface area contributed by atoms with E-state index in [0.29, 0.717) is 11.4 Å². The molecule has 0 fully saturated rings. The summed E-state index contributed by atoms with van der Waals surface area (Å²) in [6.45, 7) is 2.26. The van der Waals surface area contributed by atoms with Crippen LogP contribution in [0.25, 0.3) is 6.08 Å². The van der Waals surface area contributed by atoms with Gasteiger partial charge in [-0.25, -0.2) is 4.99 Å². The van der Waals surface area contributed by atoms with Crippen molar-refractivity contribution in [3.63, 3.8) is 0 Å². The molecule has 4 rings (SSSR count). The molecule has 0 radical (unpaired) electrons. The number of hydrogen-bond acceptors (Lipinski definition) is 6. The van der Waals surface area contributed by atoms with Crippen molar-refractivity contribution in [3.05, 3.63) is 59.3 Å². The normalized spacial score (nSPS) is 16.8. The zero-order valence-corrected chi connectivity index (χ0v) is 17.3. The summed E-state index contributed by atoms with van der Waals surface area (Å²) in [4.78, 5) is 19.5. The minimum Gasteiger partial charge on any atom is -0.454 e. The van der Waals surface area contributed by atoms with Crippen LogP contribution in [-0.4, -0.2) is 35.6 Å². The number of ether oxygens (including phenoxy) is 2. The van der Waals surface area contributed by atoms with Gasteiger partial charge in [-0.3, -0.25) is 9.69 Å². The van der Waals surface area contributed by atoms with Crippen molar-refractivity contribution in [3.8, 4) is 11.5 Å². The molecule has 2 heterocycles. The van der Waals surface area contributed by atoms with Gasteiger partial charge in [-0.1, -0.05) is 35.5 Å². The van der Waals surface area contributed by atoms with Crippen LogP contribution in [0, 0.1) is 6.92 Å². The predicted octanol–water partition coefficient (Wildman–Crippen LogP) is 4.56. The molecule has 0 bridgehead atoms. The summed E-state index contributed by atoms with van der Waals surface area (Å²) < 4.78 is 10.8. The summed E-state index contributed by atoms with van der Waals surface area (Å²) >= 11 is 3.38. The highest BCUT2D eigenvalue weighted by molar-refractivity contribution is 8.15. The van der Waals surface area contributed by atoms with Gasteiger partial charge in [-0.2, -0.15) is 11.8 Å². The zero-order valence-electron chi connectivity index (χ0n) is 15.7. The van der Waals surface area contributed by atoms with Crippen LogP contribution in [0.15, 0.2) is 53.2 Å². The Kier molecular flexibility index (Phi) is 5.64. The summed E-state index contributed by atoms with van der Waals surface area (Å²) in [7, 11) is 0. The minimum absolute atomic E-state index is 0.117. The number of carbonyl (C=O) groups excluding carboxylic acids is 1. The smallest absolute Gasteiger partial charge is 0.283 e. The van der Waals surface area contributed by atoms with Crippen molar-refractivity contribution in [2.45, 2.75) is 6.92 Å². The Bertz CT molecular complexity index is 955. The molecule has 0 N–H and O–H groups in total. The van der Waals surface area contributed by atoms with Crippen molar-refractivity contribution in [1.29, 1.82) is 0 Å². The summed E-state index contributed by atoms with van der Waals surface area (Å²) in [5, 5.41) is 0.717. The monoisotopic (exact) mass is 412 g/mol. The van der Waals surface area contributed by atoms with E-state index in [1.165, 1.54) is 0 Å². The van der Waals surface area contributed by atoms with Gasteiger partial charge in [0.2, 0.25) is 6.79 Å². The van der Waals surface area contributed by atoms with Crippen molar-refractivity contribution in [2.24, 2.45) is 4.99 Å². The Morgan fingerprint density at radius 1 is 1.11 bits per heavy atom. The topological polar surface area (TPSA) is 51.1 Å². The number of fused-ring (bicyclic) bond motifs is 1. The van der Waals surface area contributed by atoms with E-state index in [1.54, 1.807) is 34.5 Å². The molecule has 2 aromatic rings. The predicted molar refractivity (Wildman–Crippen MR) is 117 cm³/mol. The van der Waals surface area contributed by atoms with E-state index in [-0.39, 0.29) is 12.7 Å². The van der Waals surface area contributed by atoms with Gasteiger partial charge in [0.05, 0.1) is 5.69 Å². The largest absolute Gasteiger partial charge is 0.454 e. The highest BCUT2D eigenvalue weighted by Gasteiger charge is 2.32. The number of rotatable bonds is 5. The van der Waals surface area contributed by atoms with Gasteiger partial charge in [0.25, 0.3) is 5.91 Å². The van der Waals surface area contributed by atoms with Crippen LogP contribution in [0.2, 0.25) is 0 Å². The van der Waals surface area contributed by atoms with Gasteiger partial charge in [-0.05, 0) is 49.1 Å². The average Bonchev–Trinajstić information content (AvgIpc) is 3.28. The Balaban J connectivity index is 1.65. The molecule has 1 amide bonds. The lowest BCUT2D eigenvalue weighted by molar-refractivity contribution is -0.113. The van der Waals surface area contributed by atoms with Crippen LogP contribution >= 0.6 is 23.5 Å². The number of amides is 1. The van der Waals surface area contributed by atoms with E-state index >= 15 is 0 Å². The summed E-state index contributed by atoms with van der Waals surface area (Å²) in [5.74, 6) is 3.19. The third-order valence-electron chi connectivity index (χ3n) is 4.34. The lowest BCUT2D eigenvalue weighted by Gasteiger charge is -2.17. The first-order chi connectivity index (χ1) is 13.7. The molecule has 2 aromatic carbocycles.